The first-order chi connectivity index (χ1) is 8.31. The van der Waals surface area contributed by atoms with Crippen molar-refractivity contribution in [1.82, 2.24) is 10.2 Å². The lowest BCUT2D eigenvalue weighted by Gasteiger charge is -2.24. The van der Waals surface area contributed by atoms with Crippen LogP contribution in [0, 0.1) is 5.92 Å². The number of hydrogen-bond donors (Lipinski definition) is 1. The van der Waals surface area contributed by atoms with Crippen molar-refractivity contribution in [2.24, 2.45) is 5.92 Å². The molecule has 1 aromatic carbocycles. The first-order valence-corrected chi connectivity index (χ1v) is 6.81. The lowest BCUT2D eigenvalue weighted by atomic mass is 10.1. The maximum atomic E-state index is 3.46. The second-order valence-electron chi connectivity index (χ2n) is 5.04. The van der Waals surface area contributed by atoms with E-state index >= 15 is 0 Å². The summed E-state index contributed by atoms with van der Waals surface area (Å²) < 4.78 is 0. The van der Waals surface area contributed by atoms with Gasteiger partial charge in [0.25, 0.3) is 0 Å². The van der Waals surface area contributed by atoms with E-state index in [2.05, 4.69) is 54.4 Å². The Morgan fingerprint density at radius 3 is 2.82 bits per heavy atom. The standard InChI is InChI=1S/C15H24N2/c1-3-16-11-14-9-10-17(12-14)13(2)15-7-5-4-6-8-15/h4-8,13-14,16H,3,9-12H2,1-2H3. The highest BCUT2D eigenvalue weighted by molar-refractivity contribution is 5.18. The molecule has 17 heavy (non-hydrogen) atoms. The zero-order chi connectivity index (χ0) is 12.1. The Morgan fingerprint density at radius 1 is 1.35 bits per heavy atom. The van der Waals surface area contributed by atoms with Crippen LogP contribution < -0.4 is 5.32 Å². The summed E-state index contributed by atoms with van der Waals surface area (Å²) in [6.07, 6.45) is 1.34. The molecule has 0 saturated carbocycles. The molecule has 0 amide bonds. The van der Waals surface area contributed by atoms with Gasteiger partial charge >= 0.3 is 0 Å². The highest BCUT2D eigenvalue weighted by Crippen LogP contribution is 2.26. The molecule has 1 N–H and O–H groups in total. The minimum atomic E-state index is 0.558. The van der Waals surface area contributed by atoms with Gasteiger partial charge in [0, 0.05) is 12.6 Å². The fourth-order valence-corrected chi connectivity index (χ4v) is 2.67. The molecule has 94 valence electrons. The Kier molecular flexibility index (Phi) is 4.57. The average Bonchev–Trinajstić information content (AvgIpc) is 2.85. The molecule has 0 spiro atoms. The maximum Gasteiger partial charge on any atom is 0.0320 e. The molecule has 0 bridgehead atoms. The van der Waals surface area contributed by atoms with Crippen molar-refractivity contribution in [3.8, 4) is 0 Å². The molecule has 2 unspecified atom stereocenters. The Hall–Kier alpha value is -0.860. The Bertz CT molecular complexity index is 323. The van der Waals surface area contributed by atoms with Crippen molar-refractivity contribution in [2.45, 2.75) is 26.3 Å². The van der Waals surface area contributed by atoms with Gasteiger partial charge in [0.2, 0.25) is 0 Å². The third kappa shape index (κ3) is 3.30. The van der Waals surface area contributed by atoms with Gasteiger partial charge in [-0.2, -0.15) is 0 Å². The number of nitrogens with one attached hydrogen (secondary N) is 1. The summed E-state index contributed by atoms with van der Waals surface area (Å²) in [4.78, 5) is 2.61. The summed E-state index contributed by atoms with van der Waals surface area (Å²) >= 11 is 0. The second kappa shape index (κ2) is 6.18. The lowest BCUT2D eigenvalue weighted by Crippen LogP contribution is -2.28. The third-order valence-electron chi connectivity index (χ3n) is 3.83. The predicted octanol–water partition coefficient (Wildman–Crippen LogP) is 2.68. The van der Waals surface area contributed by atoms with Crippen LogP contribution in [-0.4, -0.2) is 31.1 Å². The predicted molar refractivity (Wildman–Crippen MR) is 73.1 cm³/mol. The van der Waals surface area contributed by atoms with Crippen molar-refractivity contribution >= 4 is 0 Å². The minimum absolute atomic E-state index is 0.558. The number of hydrogen-bond acceptors (Lipinski definition) is 2. The lowest BCUT2D eigenvalue weighted by molar-refractivity contribution is 0.252. The number of nitrogens with zero attached hydrogens (tertiary/aromatic N) is 1. The average molecular weight is 232 g/mol. The van der Waals surface area contributed by atoms with Gasteiger partial charge in [-0.1, -0.05) is 37.3 Å². The molecule has 2 rings (SSSR count). The summed E-state index contributed by atoms with van der Waals surface area (Å²) in [6.45, 7) is 9.25. The molecule has 1 aliphatic heterocycles. The number of benzene rings is 1. The monoisotopic (exact) mass is 232 g/mol. The Morgan fingerprint density at radius 2 is 2.12 bits per heavy atom. The zero-order valence-electron chi connectivity index (χ0n) is 11.0. The fourth-order valence-electron chi connectivity index (χ4n) is 2.67. The van der Waals surface area contributed by atoms with E-state index in [0.717, 1.165) is 12.5 Å². The van der Waals surface area contributed by atoms with Gasteiger partial charge in [0.05, 0.1) is 0 Å². The number of rotatable bonds is 5. The molecule has 0 aromatic heterocycles. The summed E-state index contributed by atoms with van der Waals surface area (Å²) in [7, 11) is 0. The van der Waals surface area contributed by atoms with Gasteiger partial charge in [0.15, 0.2) is 0 Å². The Balaban J connectivity index is 1.88. The smallest absolute Gasteiger partial charge is 0.0320 e. The van der Waals surface area contributed by atoms with Crippen LogP contribution in [0.4, 0.5) is 0 Å². The molecule has 2 nitrogen and oxygen atoms in total. The van der Waals surface area contributed by atoms with E-state index in [0.29, 0.717) is 6.04 Å². The molecule has 1 heterocycles. The van der Waals surface area contributed by atoms with Gasteiger partial charge in [-0.05, 0) is 44.5 Å². The van der Waals surface area contributed by atoms with Crippen LogP contribution in [0.2, 0.25) is 0 Å². The van der Waals surface area contributed by atoms with Crippen LogP contribution in [0.3, 0.4) is 0 Å². The molecule has 2 atom stereocenters. The molecule has 0 aliphatic carbocycles. The summed E-state index contributed by atoms with van der Waals surface area (Å²) in [5, 5.41) is 3.46. The SMILES string of the molecule is CCNCC1CCN(C(C)c2ccccc2)C1. The van der Waals surface area contributed by atoms with Crippen LogP contribution in [0.1, 0.15) is 31.9 Å². The van der Waals surface area contributed by atoms with Gasteiger partial charge in [0.1, 0.15) is 0 Å². The summed E-state index contributed by atoms with van der Waals surface area (Å²) in [6, 6.07) is 11.4. The van der Waals surface area contributed by atoms with E-state index in [1.165, 1.54) is 31.6 Å². The van der Waals surface area contributed by atoms with Crippen molar-refractivity contribution in [3.63, 3.8) is 0 Å². The van der Waals surface area contributed by atoms with Crippen LogP contribution in [0.15, 0.2) is 30.3 Å². The van der Waals surface area contributed by atoms with E-state index in [9.17, 15) is 0 Å². The maximum absolute atomic E-state index is 3.46. The first kappa shape index (κ1) is 12.6. The highest BCUT2D eigenvalue weighted by Gasteiger charge is 2.26. The molecule has 1 aliphatic rings. The second-order valence-corrected chi connectivity index (χ2v) is 5.04. The number of likely N-dealkylation sites (tertiary alicyclic amines) is 1. The van der Waals surface area contributed by atoms with Gasteiger partial charge in [-0.25, -0.2) is 0 Å². The summed E-state index contributed by atoms with van der Waals surface area (Å²) in [5.74, 6) is 0.834. The van der Waals surface area contributed by atoms with E-state index < -0.39 is 0 Å². The Labute approximate surface area is 105 Å². The molecule has 1 aromatic rings. The topological polar surface area (TPSA) is 15.3 Å². The quantitative estimate of drug-likeness (QED) is 0.839. The fraction of sp³-hybridized carbons (Fsp3) is 0.600. The molecule has 2 heteroatoms. The molecular weight excluding hydrogens is 208 g/mol. The van der Waals surface area contributed by atoms with E-state index in [-0.39, 0.29) is 0 Å². The molecular formula is C15H24N2. The van der Waals surface area contributed by atoms with Gasteiger partial charge in [-0.15, -0.1) is 0 Å². The van der Waals surface area contributed by atoms with E-state index in [1.54, 1.807) is 0 Å². The van der Waals surface area contributed by atoms with Crippen LogP contribution >= 0.6 is 0 Å². The zero-order valence-corrected chi connectivity index (χ0v) is 11.0. The van der Waals surface area contributed by atoms with Crippen LogP contribution in [0.25, 0.3) is 0 Å². The van der Waals surface area contributed by atoms with Crippen molar-refractivity contribution in [1.29, 1.82) is 0 Å². The highest BCUT2D eigenvalue weighted by atomic mass is 15.2. The van der Waals surface area contributed by atoms with Crippen molar-refractivity contribution in [3.05, 3.63) is 35.9 Å². The molecule has 1 fully saturated rings. The van der Waals surface area contributed by atoms with Crippen LogP contribution in [-0.2, 0) is 0 Å². The molecule has 1 saturated heterocycles. The normalized spacial score (nSPS) is 22.8. The van der Waals surface area contributed by atoms with Gasteiger partial charge in [-0.3, -0.25) is 4.90 Å². The molecule has 0 radical (unpaired) electrons. The third-order valence-corrected chi connectivity index (χ3v) is 3.83. The minimum Gasteiger partial charge on any atom is -0.317 e. The van der Waals surface area contributed by atoms with Crippen LogP contribution in [0.5, 0.6) is 0 Å². The van der Waals surface area contributed by atoms with Crippen molar-refractivity contribution < 1.29 is 0 Å². The van der Waals surface area contributed by atoms with Gasteiger partial charge < -0.3 is 5.32 Å². The van der Waals surface area contributed by atoms with Crippen molar-refractivity contribution in [2.75, 3.05) is 26.2 Å². The first-order valence-electron chi connectivity index (χ1n) is 6.81. The summed E-state index contributed by atoms with van der Waals surface area (Å²) in [5.41, 5.74) is 1.44. The van der Waals surface area contributed by atoms with E-state index in [1.807, 2.05) is 0 Å². The van der Waals surface area contributed by atoms with E-state index in [4.69, 9.17) is 0 Å². The largest absolute Gasteiger partial charge is 0.317 e.